The summed E-state index contributed by atoms with van der Waals surface area (Å²) in [5, 5.41) is 0.717. The van der Waals surface area contributed by atoms with Gasteiger partial charge in [0.05, 0.1) is 19.4 Å². The highest BCUT2D eigenvalue weighted by Gasteiger charge is 2.04. The number of rotatable bonds is 5. The summed E-state index contributed by atoms with van der Waals surface area (Å²) in [6, 6.07) is 11.4. The summed E-state index contributed by atoms with van der Waals surface area (Å²) >= 11 is 6.09. The number of methoxy groups -OCH3 is 1. The van der Waals surface area contributed by atoms with Crippen LogP contribution in [0.2, 0.25) is 5.02 Å². The predicted molar refractivity (Wildman–Crippen MR) is 87.6 cm³/mol. The molecule has 2 aromatic carbocycles. The van der Waals surface area contributed by atoms with Gasteiger partial charge in [0.15, 0.2) is 11.5 Å². The van der Waals surface area contributed by atoms with Crippen molar-refractivity contribution in [2.24, 2.45) is 4.99 Å². The van der Waals surface area contributed by atoms with Crippen LogP contribution < -0.4 is 9.47 Å². The SMILES string of the molecule is CCOc1ccc(C=Nc2ccc(C)c(Cl)c2)cc1OC. The maximum Gasteiger partial charge on any atom is 0.161 e. The molecule has 3 nitrogen and oxygen atoms in total. The van der Waals surface area contributed by atoms with E-state index < -0.39 is 0 Å². The van der Waals surface area contributed by atoms with Gasteiger partial charge in [0.25, 0.3) is 0 Å². The Hall–Kier alpha value is -2.00. The number of halogens is 1. The number of nitrogens with zero attached hydrogens (tertiary/aromatic N) is 1. The van der Waals surface area contributed by atoms with Gasteiger partial charge in [-0.05, 0) is 55.3 Å². The first-order chi connectivity index (χ1) is 10.1. The van der Waals surface area contributed by atoms with Crippen LogP contribution in [0.15, 0.2) is 41.4 Å². The molecule has 21 heavy (non-hydrogen) atoms. The highest BCUT2D eigenvalue weighted by molar-refractivity contribution is 6.31. The molecule has 0 aliphatic rings. The Morgan fingerprint density at radius 1 is 1.14 bits per heavy atom. The number of ether oxygens (including phenoxy) is 2. The Morgan fingerprint density at radius 2 is 1.95 bits per heavy atom. The lowest BCUT2D eigenvalue weighted by Gasteiger charge is -2.09. The largest absolute Gasteiger partial charge is 0.493 e. The molecular weight excluding hydrogens is 286 g/mol. The molecule has 110 valence electrons. The molecular formula is C17H18ClNO2. The Bertz CT molecular complexity index is 653. The molecule has 4 heteroatoms. The molecule has 0 saturated carbocycles. The first-order valence-corrected chi connectivity index (χ1v) is 7.13. The monoisotopic (exact) mass is 303 g/mol. The molecule has 0 amide bonds. The van der Waals surface area contributed by atoms with Crippen molar-refractivity contribution < 1.29 is 9.47 Å². The zero-order chi connectivity index (χ0) is 15.2. The summed E-state index contributed by atoms with van der Waals surface area (Å²) < 4.78 is 10.8. The number of hydrogen-bond donors (Lipinski definition) is 0. The molecule has 0 radical (unpaired) electrons. The van der Waals surface area contributed by atoms with E-state index in [0.29, 0.717) is 17.4 Å². The van der Waals surface area contributed by atoms with Crippen molar-refractivity contribution in [3.8, 4) is 11.5 Å². The highest BCUT2D eigenvalue weighted by atomic mass is 35.5. The zero-order valence-corrected chi connectivity index (χ0v) is 13.1. The van der Waals surface area contributed by atoms with E-state index in [1.54, 1.807) is 13.3 Å². The fourth-order valence-electron chi connectivity index (χ4n) is 1.85. The average molecular weight is 304 g/mol. The average Bonchev–Trinajstić information content (AvgIpc) is 2.49. The van der Waals surface area contributed by atoms with E-state index in [9.17, 15) is 0 Å². The van der Waals surface area contributed by atoms with E-state index in [1.807, 2.05) is 50.2 Å². The Kier molecular flexibility index (Phi) is 5.23. The van der Waals surface area contributed by atoms with E-state index in [2.05, 4.69) is 4.99 Å². The molecule has 2 aromatic rings. The summed E-state index contributed by atoms with van der Waals surface area (Å²) in [6.45, 7) is 4.51. The van der Waals surface area contributed by atoms with E-state index >= 15 is 0 Å². The molecule has 0 aliphatic carbocycles. The summed E-state index contributed by atoms with van der Waals surface area (Å²) in [5.74, 6) is 1.43. The highest BCUT2D eigenvalue weighted by Crippen LogP contribution is 2.28. The molecule has 0 N–H and O–H groups in total. The van der Waals surface area contributed by atoms with Crippen molar-refractivity contribution in [3.63, 3.8) is 0 Å². The fourth-order valence-corrected chi connectivity index (χ4v) is 2.03. The van der Waals surface area contributed by atoms with Crippen LogP contribution in [-0.2, 0) is 0 Å². The molecule has 0 heterocycles. The van der Waals surface area contributed by atoms with Gasteiger partial charge in [-0.25, -0.2) is 0 Å². The van der Waals surface area contributed by atoms with E-state index in [-0.39, 0.29) is 0 Å². The third-order valence-corrected chi connectivity index (χ3v) is 3.41. The lowest BCUT2D eigenvalue weighted by Crippen LogP contribution is -1.96. The van der Waals surface area contributed by atoms with Crippen molar-refractivity contribution in [3.05, 3.63) is 52.5 Å². The number of benzene rings is 2. The normalized spacial score (nSPS) is 10.9. The molecule has 0 fully saturated rings. The molecule has 0 bridgehead atoms. The topological polar surface area (TPSA) is 30.8 Å². The van der Waals surface area contributed by atoms with Gasteiger partial charge in [-0.3, -0.25) is 4.99 Å². The summed E-state index contributed by atoms with van der Waals surface area (Å²) in [4.78, 5) is 4.42. The minimum atomic E-state index is 0.603. The van der Waals surface area contributed by atoms with Crippen LogP contribution in [0.3, 0.4) is 0 Å². The summed E-state index contributed by atoms with van der Waals surface area (Å²) in [5.41, 5.74) is 2.80. The molecule has 0 aliphatic heterocycles. The van der Waals surface area contributed by atoms with Gasteiger partial charge < -0.3 is 9.47 Å². The first-order valence-electron chi connectivity index (χ1n) is 6.75. The molecule has 0 spiro atoms. The number of hydrogen-bond acceptors (Lipinski definition) is 3. The molecule has 0 atom stereocenters. The minimum absolute atomic E-state index is 0.603. The van der Waals surface area contributed by atoms with Gasteiger partial charge in [-0.1, -0.05) is 17.7 Å². The maximum absolute atomic E-state index is 6.09. The van der Waals surface area contributed by atoms with Gasteiger partial charge in [0.1, 0.15) is 0 Å². The Labute approximate surface area is 130 Å². The summed E-state index contributed by atoms with van der Waals surface area (Å²) in [6.07, 6.45) is 1.78. The standard InChI is InChI=1S/C17H18ClNO2/c1-4-21-16-8-6-13(9-17(16)20-3)11-19-14-7-5-12(2)15(18)10-14/h5-11H,4H2,1-3H3. The van der Waals surface area contributed by atoms with Crippen molar-refractivity contribution >= 4 is 23.5 Å². The molecule has 0 saturated heterocycles. The van der Waals surface area contributed by atoms with Crippen LogP contribution >= 0.6 is 11.6 Å². The van der Waals surface area contributed by atoms with Crippen LogP contribution in [0, 0.1) is 6.92 Å². The van der Waals surface area contributed by atoms with Gasteiger partial charge in [0, 0.05) is 11.2 Å². The second-order valence-corrected chi connectivity index (χ2v) is 4.94. The van der Waals surface area contributed by atoms with Gasteiger partial charge >= 0.3 is 0 Å². The van der Waals surface area contributed by atoms with E-state index in [0.717, 1.165) is 22.6 Å². The van der Waals surface area contributed by atoms with Crippen molar-refractivity contribution in [2.45, 2.75) is 13.8 Å². The zero-order valence-electron chi connectivity index (χ0n) is 12.4. The van der Waals surface area contributed by atoms with Gasteiger partial charge in [-0.15, -0.1) is 0 Å². The lowest BCUT2D eigenvalue weighted by molar-refractivity contribution is 0.311. The Balaban J connectivity index is 2.22. The number of aryl methyl sites for hydroxylation is 1. The van der Waals surface area contributed by atoms with E-state index in [4.69, 9.17) is 21.1 Å². The van der Waals surface area contributed by atoms with Crippen molar-refractivity contribution in [1.29, 1.82) is 0 Å². The maximum atomic E-state index is 6.09. The van der Waals surface area contributed by atoms with Crippen LogP contribution in [0.1, 0.15) is 18.1 Å². The first kappa shape index (κ1) is 15.4. The third kappa shape index (κ3) is 3.99. The minimum Gasteiger partial charge on any atom is -0.493 e. The molecule has 0 unspecified atom stereocenters. The second-order valence-electron chi connectivity index (χ2n) is 4.53. The van der Waals surface area contributed by atoms with Crippen LogP contribution in [-0.4, -0.2) is 19.9 Å². The second kappa shape index (κ2) is 7.14. The molecule has 0 aromatic heterocycles. The third-order valence-electron chi connectivity index (χ3n) is 3.01. The van der Waals surface area contributed by atoms with Crippen LogP contribution in [0.25, 0.3) is 0 Å². The fraction of sp³-hybridized carbons (Fsp3) is 0.235. The molecule has 2 rings (SSSR count). The Morgan fingerprint density at radius 3 is 2.62 bits per heavy atom. The summed E-state index contributed by atoms with van der Waals surface area (Å²) in [7, 11) is 1.62. The smallest absolute Gasteiger partial charge is 0.161 e. The van der Waals surface area contributed by atoms with Crippen LogP contribution in [0.5, 0.6) is 11.5 Å². The quantitative estimate of drug-likeness (QED) is 0.742. The van der Waals surface area contributed by atoms with Crippen LogP contribution in [0.4, 0.5) is 5.69 Å². The van der Waals surface area contributed by atoms with E-state index in [1.165, 1.54) is 0 Å². The van der Waals surface area contributed by atoms with Crippen molar-refractivity contribution in [2.75, 3.05) is 13.7 Å². The predicted octanol–water partition coefficient (Wildman–Crippen LogP) is 4.81. The lowest BCUT2D eigenvalue weighted by atomic mass is 10.2. The van der Waals surface area contributed by atoms with Gasteiger partial charge in [-0.2, -0.15) is 0 Å². The number of aliphatic imine (C=N–C) groups is 1. The van der Waals surface area contributed by atoms with Crippen molar-refractivity contribution in [1.82, 2.24) is 0 Å². The van der Waals surface area contributed by atoms with Gasteiger partial charge in [0.2, 0.25) is 0 Å².